The van der Waals surface area contributed by atoms with Gasteiger partial charge in [0, 0.05) is 17.4 Å². The lowest BCUT2D eigenvalue weighted by atomic mass is 9.84. The molecule has 0 saturated heterocycles. The minimum atomic E-state index is -0.320. The Bertz CT molecular complexity index is 372. The van der Waals surface area contributed by atoms with Gasteiger partial charge in [0.2, 0.25) is 0 Å². The maximum atomic E-state index is 11.7. The van der Waals surface area contributed by atoms with Gasteiger partial charge in [-0.2, -0.15) is 0 Å². The van der Waals surface area contributed by atoms with Crippen LogP contribution in [-0.4, -0.2) is 24.0 Å². The summed E-state index contributed by atoms with van der Waals surface area (Å²) in [7, 11) is 0. The van der Waals surface area contributed by atoms with Crippen LogP contribution in [0.5, 0.6) is 0 Å². The van der Waals surface area contributed by atoms with Crippen molar-refractivity contribution >= 4 is 5.78 Å². The van der Waals surface area contributed by atoms with Crippen molar-refractivity contribution in [2.75, 3.05) is 13.2 Å². The first-order valence-electron chi connectivity index (χ1n) is 5.46. The number of rotatable bonds is 5. The van der Waals surface area contributed by atoms with Gasteiger partial charge in [0.25, 0.3) is 0 Å². The Kier molecular flexibility index (Phi) is 4.21. The summed E-state index contributed by atoms with van der Waals surface area (Å²) in [5, 5.41) is 9.28. The summed E-state index contributed by atoms with van der Waals surface area (Å²) >= 11 is 0. The molecule has 0 unspecified atom stereocenters. The highest BCUT2D eigenvalue weighted by molar-refractivity contribution is 5.96. The Morgan fingerprint density at radius 3 is 2.69 bits per heavy atom. The van der Waals surface area contributed by atoms with E-state index in [0.717, 1.165) is 5.56 Å². The molecule has 0 aliphatic heterocycles. The second-order valence-corrected chi connectivity index (χ2v) is 4.58. The van der Waals surface area contributed by atoms with E-state index in [1.165, 1.54) is 0 Å². The van der Waals surface area contributed by atoms with Gasteiger partial charge >= 0.3 is 0 Å². The molecule has 0 heterocycles. The maximum Gasteiger partial charge on any atom is 0.164 e. The van der Waals surface area contributed by atoms with Gasteiger partial charge in [-0.3, -0.25) is 4.79 Å². The Balaban J connectivity index is 3.00. The van der Waals surface area contributed by atoms with E-state index in [1.807, 2.05) is 32.0 Å². The van der Waals surface area contributed by atoms with Crippen LogP contribution < -0.4 is 5.73 Å². The van der Waals surface area contributed by atoms with Crippen LogP contribution >= 0.6 is 0 Å². The third-order valence-electron chi connectivity index (χ3n) is 2.73. The molecule has 0 fully saturated rings. The molecule has 3 N–H and O–H groups in total. The number of carbonyl (C=O) groups excluding carboxylic acids is 1. The smallest absolute Gasteiger partial charge is 0.164 e. The van der Waals surface area contributed by atoms with E-state index in [4.69, 9.17) is 5.73 Å². The molecule has 0 bridgehead atoms. The van der Waals surface area contributed by atoms with Crippen LogP contribution in [-0.2, 0) is 5.41 Å². The highest BCUT2D eigenvalue weighted by Crippen LogP contribution is 2.23. The van der Waals surface area contributed by atoms with E-state index in [9.17, 15) is 9.90 Å². The number of nitrogens with two attached hydrogens (primary N) is 1. The normalized spacial score (nSPS) is 11.5. The first-order valence-corrected chi connectivity index (χ1v) is 5.46. The van der Waals surface area contributed by atoms with Gasteiger partial charge in [-0.1, -0.05) is 32.0 Å². The van der Waals surface area contributed by atoms with Crippen molar-refractivity contribution in [3.8, 4) is 0 Å². The van der Waals surface area contributed by atoms with E-state index < -0.39 is 0 Å². The molecular formula is C13H19NO2. The molecule has 3 nitrogen and oxygen atoms in total. The van der Waals surface area contributed by atoms with Crippen LogP contribution in [0.1, 0.15) is 36.2 Å². The van der Waals surface area contributed by atoms with Crippen molar-refractivity contribution in [2.45, 2.75) is 25.7 Å². The number of carbonyl (C=O) groups is 1. The third-order valence-corrected chi connectivity index (χ3v) is 2.73. The molecule has 1 rings (SSSR count). The van der Waals surface area contributed by atoms with Gasteiger partial charge in [0.1, 0.15) is 0 Å². The van der Waals surface area contributed by atoms with E-state index in [0.29, 0.717) is 18.5 Å². The van der Waals surface area contributed by atoms with Crippen LogP contribution in [0.25, 0.3) is 0 Å². The van der Waals surface area contributed by atoms with Crippen molar-refractivity contribution in [1.29, 1.82) is 0 Å². The number of aliphatic hydroxyl groups excluding tert-OH is 1. The van der Waals surface area contributed by atoms with Crippen molar-refractivity contribution in [3.63, 3.8) is 0 Å². The number of benzene rings is 1. The van der Waals surface area contributed by atoms with Crippen LogP contribution in [0.4, 0.5) is 0 Å². The lowest BCUT2D eigenvalue weighted by Gasteiger charge is -2.22. The number of Topliss-reactive ketones (excluding diaryl/α,β-unsaturated/α-hetero) is 1. The molecule has 0 aromatic heterocycles. The summed E-state index contributed by atoms with van der Waals surface area (Å²) in [5.41, 5.74) is 6.68. The molecule has 0 saturated carbocycles. The van der Waals surface area contributed by atoms with Crippen molar-refractivity contribution in [2.24, 2.45) is 5.73 Å². The standard InChI is InChI=1S/C13H19NO2/c1-13(2,9-15)11-5-3-4-10(8-11)12(16)6-7-14/h3-5,8,15H,6-7,9,14H2,1-2H3. The molecule has 0 atom stereocenters. The molecule has 1 aromatic rings. The fourth-order valence-corrected chi connectivity index (χ4v) is 1.48. The molecular weight excluding hydrogens is 202 g/mol. The summed E-state index contributed by atoms with van der Waals surface area (Å²) in [6.45, 7) is 4.31. The van der Waals surface area contributed by atoms with E-state index in [2.05, 4.69) is 0 Å². The van der Waals surface area contributed by atoms with E-state index >= 15 is 0 Å². The number of aliphatic hydroxyl groups is 1. The van der Waals surface area contributed by atoms with E-state index in [1.54, 1.807) is 6.07 Å². The number of ketones is 1. The van der Waals surface area contributed by atoms with Crippen LogP contribution in [0.3, 0.4) is 0 Å². The monoisotopic (exact) mass is 221 g/mol. The molecule has 0 amide bonds. The molecule has 0 aliphatic rings. The Morgan fingerprint density at radius 1 is 1.44 bits per heavy atom. The van der Waals surface area contributed by atoms with Gasteiger partial charge in [-0.15, -0.1) is 0 Å². The quantitative estimate of drug-likeness (QED) is 0.740. The van der Waals surface area contributed by atoms with Crippen molar-refractivity contribution in [1.82, 2.24) is 0 Å². The zero-order valence-electron chi connectivity index (χ0n) is 9.86. The molecule has 16 heavy (non-hydrogen) atoms. The average Bonchev–Trinajstić information content (AvgIpc) is 2.29. The van der Waals surface area contributed by atoms with Gasteiger partial charge in [0.15, 0.2) is 5.78 Å². The lowest BCUT2D eigenvalue weighted by Crippen LogP contribution is -2.22. The molecule has 88 valence electrons. The Morgan fingerprint density at radius 2 is 2.12 bits per heavy atom. The first kappa shape index (κ1) is 12.9. The summed E-state index contributed by atoms with van der Waals surface area (Å²) in [6, 6.07) is 7.40. The zero-order valence-corrected chi connectivity index (χ0v) is 9.86. The topological polar surface area (TPSA) is 63.3 Å². The third kappa shape index (κ3) is 2.90. The summed E-state index contributed by atoms with van der Waals surface area (Å²) in [5.74, 6) is 0.0538. The SMILES string of the molecule is CC(C)(CO)c1cccc(C(=O)CCN)c1. The Hall–Kier alpha value is -1.19. The number of hydrogen-bond donors (Lipinski definition) is 2. The fourth-order valence-electron chi connectivity index (χ4n) is 1.48. The highest BCUT2D eigenvalue weighted by atomic mass is 16.3. The van der Waals surface area contributed by atoms with E-state index in [-0.39, 0.29) is 17.8 Å². The lowest BCUT2D eigenvalue weighted by molar-refractivity contribution is 0.0985. The molecule has 1 aromatic carbocycles. The molecule has 0 aliphatic carbocycles. The second kappa shape index (κ2) is 5.23. The minimum absolute atomic E-state index is 0.0538. The second-order valence-electron chi connectivity index (χ2n) is 4.58. The van der Waals surface area contributed by atoms with Crippen LogP contribution in [0.2, 0.25) is 0 Å². The highest BCUT2D eigenvalue weighted by Gasteiger charge is 2.20. The van der Waals surface area contributed by atoms with Crippen molar-refractivity contribution < 1.29 is 9.90 Å². The first-order chi connectivity index (χ1) is 7.51. The predicted octanol–water partition coefficient (Wildman–Crippen LogP) is 1.49. The molecule has 0 radical (unpaired) electrons. The zero-order chi connectivity index (χ0) is 12.2. The number of hydrogen-bond acceptors (Lipinski definition) is 3. The molecule has 3 heteroatoms. The fraction of sp³-hybridized carbons (Fsp3) is 0.462. The Labute approximate surface area is 96.3 Å². The van der Waals surface area contributed by atoms with Gasteiger partial charge < -0.3 is 10.8 Å². The summed E-state index contributed by atoms with van der Waals surface area (Å²) < 4.78 is 0. The predicted molar refractivity (Wildman–Crippen MR) is 64.6 cm³/mol. The maximum absolute atomic E-state index is 11.7. The largest absolute Gasteiger partial charge is 0.395 e. The average molecular weight is 221 g/mol. The summed E-state index contributed by atoms with van der Waals surface area (Å²) in [4.78, 5) is 11.7. The van der Waals surface area contributed by atoms with Gasteiger partial charge in [-0.05, 0) is 18.2 Å². The molecule has 0 spiro atoms. The van der Waals surface area contributed by atoms with Crippen molar-refractivity contribution in [3.05, 3.63) is 35.4 Å². The van der Waals surface area contributed by atoms with Gasteiger partial charge in [-0.25, -0.2) is 0 Å². The van der Waals surface area contributed by atoms with Crippen LogP contribution in [0, 0.1) is 0 Å². The van der Waals surface area contributed by atoms with Crippen LogP contribution in [0.15, 0.2) is 24.3 Å². The minimum Gasteiger partial charge on any atom is -0.395 e. The van der Waals surface area contributed by atoms with Gasteiger partial charge in [0.05, 0.1) is 6.61 Å². The summed E-state index contributed by atoms with van der Waals surface area (Å²) in [6.07, 6.45) is 0.364.